The Morgan fingerprint density at radius 3 is 2.59 bits per heavy atom. The molecular formula is C22H37IN4O2. The number of para-hydroxylation sites is 1. The van der Waals surface area contributed by atoms with Gasteiger partial charge in [-0.2, -0.15) is 0 Å². The maximum Gasteiger partial charge on any atom is 0.191 e. The minimum absolute atomic E-state index is 0. The first-order valence-corrected chi connectivity index (χ1v) is 10.7. The van der Waals surface area contributed by atoms with Crippen molar-refractivity contribution in [1.82, 2.24) is 15.5 Å². The van der Waals surface area contributed by atoms with Crippen molar-refractivity contribution in [3.05, 3.63) is 29.8 Å². The Labute approximate surface area is 192 Å². The standard InChI is InChI=1S/C22H36N4O2.HI/c1-23-22(25-19-11-14-26(15-12-19)13-6-16-27-2)24-17-18-7-3-4-10-21(18)28-20-8-5-9-20;/h3-4,7,10,19-20H,5-6,8-9,11-17H2,1-2H3,(H2,23,24,25);1H. The fourth-order valence-electron chi connectivity index (χ4n) is 3.73. The molecule has 0 aromatic heterocycles. The zero-order valence-electron chi connectivity index (χ0n) is 17.9. The van der Waals surface area contributed by atoms with Gasteiger partial charge in [-0.25, -0.2) is 0 Å². The highest BCUT2D eigenvalue weighted by molar-refractivity contribution is 14.0. The SMILES string of the molecule is CN=C(NCc1ccccc1OC1CCC1)NC1CCN(CCCOC)CC1.I. The summed E-state index contributed by atoms with van der Waals surface area (Å²) in [5.41, 5.74) is 1.19. The second-order valence-electron chi connectivity index (χ2n) is 7.81. The molecule has 0 radical (unpaired) electrons. The molecule has 29 heavy (non-hydrogen) atoms. The molecule has 1 aromatic carbocycles. The molecule has 7 heteroatoms. The number of hydrogen-bond acceptors (Lipinski definition) is 4. The van der Waals surface area contributed by atoms with Crippen LogP contribution in [0, 0.1) is 0 Å². The average molecular weight is 516 g/mol. The fraction of sp³-hybridized carbons (Fsp3) is 0.682. The van der Waals surface area contributed by atoms with E-state index in [1.54, 1.807) is 7.11 Å². The first kappa shape index (κ1) is 24.2. The third kappa shape index (κ3) is 7.94. The van der Waals surface area contributed by atoms with Crippen LogP contribution in [0.15, 0.2) is 29.3 Å². The quantitative estimate of drug-likeness (QED) is 0.228. The number of rotatable bonds is 9. The largest absolute Gasteiger partial charge is 0.490 e. The van der Waals surface area contributed by atoms with Gasteiger partial charge in [-0.05, 0) is 44.6 Å². The van der Waals surface area contributed by atoms with Crippen molar-refractivity contribution < 1.29 is 9.47 Å². The zero-order valence-corrected chi connectivity index (χ0v) is 20.2. The van der Waals surface area contributed by atoms with Gasteiger partial charge in [0.1, 0.15) is 5.75 Å². The summed E-state index contributed by atoms with van der Waals surface area (Å²) in [5.74, 6) is 1.87. The van der Waals surface area contributed by atoms with Gasteiger partial charge in [0, 0.05) is 58.5 Å². The van der Waals surface area contributed by atoms with Crippen molar-refractivity contribution in [2.45, 2.75) is 57.2 Å². The van der Waals surface area contributed by atoms with Gasteiger partial charge in [0.25, 0.3) is 0 Å². The third-order valence-corrected chi connectivity index (χ3v) is 5.74. The van der Waals surface area contributed by atoms with Crippen LogP contribution in [0.3, 0.4) is 0 Å². The Balaban J connectivity index is 0.00000300. The molecule has 0 atom stereocenters. The molecule has 1 saturated heterocycles. The third-order valence-electron chi connectivity index (χ3n) is 5.74. The number of likely N-dealkylation sites (tertiary alicyclic amines) is 1. The molecule has 0 bridgehead atoms. The van der Waals surface area contributed by atoms with E-state index in [0.29, 0.717) is 12.1 Å². The van der Waals surface area contributed by atoms with Crippen molar-refractivity contribution in [3.8, 4) is 5.75 Å². The van der Waals surface area contributed by atoms with Gasteiger partial charge in [0.15, 0.2) is 5.96 Å². The molecule has 0 unspecified atom stereocenters. The van der Waals surface area contributed by atoms with Crippen LogP contribution >= 0.6 is 24.0 Å². The van der Waals surface area contributed by atoms with Gasteiger partial charge >= 0.3 is 0 Å². The molecule has 2 N–H and O–H groups in total. The molecule has 1 saturated carbocycles. The number of hydrogen-bond donors (Lipinski definition) is 2. The normalized spacial score (nSPS) is 18.6. The average Bonchev–Trinajstić information content (AvgIpc) is 2.70. The first-order valence-electron chi connectivity index (χ1n) is 10.7. The number of halogens is 1. The van der Waals surface area contributed by atoms with Crippen LogP contribution in [0.4, 0.5) is 0 Å². The number of benzene rings is 1. The second kappa shape index (κ2) is 13.3. The molecule has 1 aliphatic heterocycles. The molecule has 164 valence electrons. The summed E-state index contributed by atoms with van der Waals surface area (Å²) in [5, 5.41) is 7.06. The Hall–Kier alpha value is -1.06. The summed E-state index contributed by atoms with van der Waals surface area (Å²) < 4.78 is 11.3. The predicted molar refractivity (Wildman–Crippen MR) is 129 cm³/mol. The van der Waals surface area contributed by atoms with E-state index in [1.807, 2.05) is 13.1 Å². The molecule has 6 nitrogen and oxygen atoms in total. The van der Waals surface area contributed by atoms with Crippen LogP contribution in [0.2, 0.25) is 0 Å². The number of ether oxygens (including phenoxy) is 2. The Morgan fingerprint density at radius 2 is 1.93 bits per heavy atom. The van der Waals surface area contributed by atoms with Crippen LogP contribution < -0.4 is 15.4 Å². The lowest BCUT2D eigenvalue weighted by molar-refractivity contribution is 0.119. The zero-order chi connectivity index (χ0) is 19.6. The summed E-state index contributed by atoms with van der Waals surface area (Å²) in [6.07, 6.45) is 7.44. The molecule has 1 heterocycles. The number of guanidine groups is 1. The van der Waals surface area contributed by atoms with E-state index < -0.39 is 0 Å². The van der Waals surface area contributed by atoms with Gasteiger partial charge in [-0.1, -0.05) is 18.2 Å². The summed E-state index contributed by atoms with van der Waals surface area (Å²) in [6, 6.07) is 8.80. The molecule has 0 spiro atoms. The Kier molecular flexibility index (Phi) is 11.1. The number of methoxy groups -OCH3 is 1. The molecular weight excluding hydrogens is 479 g/mol. The maximum absolute atomic E-state index is 6.13. The van der Waals surface area contributed by atoms with E-state index in [1.165, 1.54) is 24.8 Å². The van der Waals surface area contributed by atoms with Gasteiger partial charge in [-0.15, -0.1) is 24.0 Å². The maximum atomic E-state index is 6.13. The smallest absolute Gasteiger partial charge is 0.191 e. The summed E-state index contributed by atoms with van der Waals surface area (Å²) >= 11 is 0. The highest BCUT2D eigenvalue weighted by Crippen LogP contribution is 2.27. The molecule has 3 rings (SSSR count). The van der Waals surface area contributed by atoms with Gasteiger partial charge < -0.3 is 25.0 Å². The van der Waals surface area contributed by atoms with Crippen molar-refractivity contribution in [1.29, 1.82) is 0 Å². The van der Waals surface area contributed by atoms with Crippen molar-refractivity contribution in [3.63, 3.8) is 0 Å². The topological polar surface area (TPSA) is 58.1 Å². The van der Waals surface area contributed by atoms with Crippen LogP contribution in [-0.2, 0) is 11.3 Å². The monoisotopic (exact) mass is 516 g/mol. The predicted octanol–water partition coefficient (Wildman–Crippen LogP) is 3.40. The van der Waals surface area contributed by atoms with Crippen LogP contribution in [-0.4, -0.2) is 63.4 Å². The van der Waals surface area contributed by atoms with Crippen molar-refractivity contribution in [2.75, 3.05) is 40.4 Å². The lowest BCUT2D eigenvalue weighted by atomic mass is 9.96. The van der Waals surface area contributed by atoms with Gasteiger partial charge in [0.2, 0.25) is 0 Å². The number of piperidine rings is 1. The van der Waals surface area contributed by atoms with Crippen molar-refractivity contribution >= 4 is 29.9 Å². The van der Waals surface area contributed by atoms with E-state index in [-0.39, 0.29) is 24.0 Å². The van der Waals surface area contributed by atoms with Crippen molar-refractivity contribution in [2.24, 2.45) is 4.99 Å². The summed E-state index contributed by atoms with van der Waals surface area (Å²) in [7, 11) is 3.61. The highest BCUT2D eigenvalue weighted by atomic mass is 127. The molecule has 2 aliphatic rings. The summed E-state index contributed by atoms with van der Waals surface area (Å²) in [6.45, 7) is 4.97. The Morgan fingerprint density at radius 1 is 1.17 bits per heavy atom. The number of nitrogens with zero attached hydrogens (tertiary/aromatic N) is 2. The second-order valence-corrected chi connectivity index (χ2v) is 7.81. The minimum Gasteiger partial charge on any atom is -0.490 e. The minimum atomic E-state index is 0. The highest BCUT2D eigenvalue weighted by Gasteiger charge is 2.21. The van der Waals surface area contributed by atoms with E-state index in [9.17, 15) is 0 Å². The van der Waals surface area contributed by atoms with Crippen LogP contribution in [0.5, 0.6) is 5.75 Å². The molecule has 0 amide bonds. The molecule has 2 fully saturated rings. The van der Waals surface area contributed by atoms with E-state index in [4.69, 9.17) is 9.47 Å². The van der Waals surface area contributed by atoms with E-state index in [2.05, 4.69) is 38.7 Å². The molecule has 1 aliphatic carbocycles. The van der Waals surface area contributed by atoms with Gasteiger partial charge in [0.05, 0.1) is 6.10 Å². The number of aliphatic imine (C=N–C) groups is 1. The molecule has 1 aromatic rings. The van der Waals surface area contributed by atoms with Crippen LogP contribution in [0.25, 0.3) is 0 Å². The van der Waals surface area contributed by atoms with E-state index >= 15 is 0 Å². The van der Waals surface area contributed by atoms with E-state index in [0.717, 1.165) is 63.8 Å². The lowest BCUT2D eigenvalue weighted by Gasteiger charge is -2.33. The lowest BCUT2D eigenvalue weighted by Crippen LogP contribution is -2.48. The number of nitrogens with one attached hydrogen (secondary N) is 2. The fourth-order valence-corrected chi connectivity index (χ4v) is 3.73. The Bertz CT molecular complexity index is 617. The first-order chi connectivity index (χ1) is 13.8. The van der Waals surface area contributed by atoms with Crippen LogP contribution in [0.1, 0.15) is 44.1 Å². The summed E-state index contributed by atoms with van der Waals surface area (Å²) in [4.78, 5) is 6.95. The van der Waals surface area contributed by atoms with Gasteiger partial charge in [-0.3, -0.25) is 4.99 Å².